The Morgan fingerprint density at radius 2 is 1.96 bits per heavy atom. The molecular formula is C18H22N2O3S2. The van der Waals surface area contributed by atoms with Gasteiger partial charge in [-0.25, -0.2) is 13.1 Å². The first-order chi connectivity index (χ1) is 11.9. The standard InChI is InChI=1S/C18H22N2O3S2/c1-14-6-4-7-15(12-14)18(9-2-3-10-18)20-16(21)13-19-25(22,23)17-8-5-11-24-17/h4-8,11-12,19H,2-3,9-10,13H2,1H3,(H,20,21). The number of amides is 1. The molecule has 134 valence electrons. The second-order valence-electron chi connectivity index (χ2n) is 6.46. The highest BCUT2D eigenvalue weighted by Crippen LogP contribution is 2.38. The quantitative estimate of drug-likeness (QED) is 0.811. The Morgan fingerprint density at radius 3 is 2.60 bits per heavy atom. The van der Waals surface area contributed by atoms with Crippen LogP contribution in [0.5, 0.6) is 0 Å². The lowest BCUT2D eigenvalue weighted by Gasteiger charge is -2.31. The van der Waals surface area contributed by atoms with Crippen LogP contribution in [-0.4, -0.2) is 20.9 Å². The van der Waals surface area contributed by atoms with E-state index in [1.54, 1.807) is 11.4 Å². The highest BCUT2D eigenvalue weighted by atomic mass is 32.2. The van der Waals surface area contributed by atoms with Crippen LogP contribution < -0.4 is 10.0 Å². The van der Waals surface area contributed by atoms with Crippen LogP contribution in [0, 0.1) is 6.92 Å². The molecule has 0 saturated heterocycles. The molecule has 5 nitrogen and oxygen atoms in total. The van der Waals surface area contributed by atoms with Crippen molar-refractivity contribution in [3.63, 3.8) is 0 Å². The lowest BCUT2D eigenvalue weighted by Crippen LogP contribution is -2.47. The number of sulfonamides is 1. The molecule has 1 aliphatic rings. The van der Waals surface area contributed by atoms with Gasteiger partial charge in [0.15, 0.2) is 0 Å². The average molecular weight is 379 g/mol. The molecule has 2 N–H and O–H groups in total. The van der Waals surface area contributed by atoms with Gasteiger partial charge in [-0.05, 0) is 36.8 Å². The zero-order chi connectivity index (χ0) is 17.9. The van der Waals surface area contributed by atoms with E-state index in [0.717, 1.165) is 48.1 Å². The van der Waals surface area contributed by atoms with Gasteiger partial charge in [0, 0.05) is 0 Å². The minimum Gasteiger partial charge on any atom is -0.345 e. The third kappa shape index (κ3) is 4.11. The summed E-state index contributed by atoms with van der Waals surface area (Å²) < 4.78 is 26.9. The molecular weight excluding hydrogens is 356 g/mol. The summed E-state index contributed by atoms with van der Waals surface area (Å²) in [5, 5.41) is 4.79. The Kier molecular flexibility index (Phi) is 5.27. The molecule has 1 aromatic carbocycles. The first kappa shape index (κ1) is 18.1. The number of carbonyl (C=O) groups is 1. The van der Waals surface area contributed by atoms with Gasteiger partial charge in [0.1, 0.15) is 4.21 Å². The van der Waals surface area contributed by atoms with E-state index >= 15 is 0 Å². The van der Waals surface area contributed by atoms with Gasteiger partial charge in [-0.1, -0.05) is 48.7 Å². The highest BCUT2D eigenvalue weighted by Gasteiger charge is 2.37. The van der Waals surface area contributed by atoms with E-state index in [1.165, 1.54) is 6.07 Å². The molecule has 25 heavy (non-hydrogen) atoms. The topological polar surface area (TPSA) is 75.3 Å². The monoisotopic (exact) mass is 378 g/mol. The molecule has 0 aliphatic heterocycles. The van der Waals surface area contributed by atoms with Crippen LogP contribution in [0.4, 0.5) is 0 Å². The number of benzene rings is 1. The number of hydrogen-bond donors (Lipinski definition) is 2. The van der Waals surface area contributed by atoms with E-state index in [4.69, 9.17) is 0 Å². The average Bonchev–Trinajstić information content (AvgIpc) is 3.26. The Labute approximate surface area is 152 Å². The molecule has 0 radical (unpaired) electrons. The molecule has 1 aliphatic carbocycles. The third-order valence-electron chi connectivity index (χ3n) is 4.59. The van der Waals surface area contributed by atoms with Crippen LogP contribution in [-0.2, 0) is 20.4 Å². The lowest BCUT2D eigenvalue weighted by molar-refractivity contribution is -0.122. The van der Waals surface area contributed by atoms with E-state index in [9.17, 15) is 13.2 Å². The molecule has 0 unspecified atom stereocenters. The predicted molar refractivity (Wildman–Crippen MR) is 99.0 cm³/mol. The third-order valence-corrected chi connectivity index (χ3v) is 7.39. The van der Waals surface area contributed by atoms with E-state index in [2.05, 4.69) is 16.1 Å². The minimum absolute atomic E-state index is 0.217. The van der Waals surface area contributed by atoms with Crippen molar-refractivity contribution >= 4 is 27.3 Å². The maximum absolute atomic E-state index is 12.4. The van der Waals surface area contributed by atoms with Gasteiger partial charge in [-0.3, -0.25) is 4.79 Å². The van der Waals surface area contributed by atoms with Gasteiger partial charge in [0.2, 0.25) is 5.91 Å². The van der Waals surface area contributed by atoms with Gasteiger partial charge in [0.25, 0.3) is 10.0 Å². The van der Waals surface area contributed by atoms with Gasteiger partial charge >= 0.3 is 0 Å². The Morgan fingerprint density at radius 1 is 1.20 bits per heavy atom. The summed E-state index contributed by atoms with van der Waals surface area (Å²) in [6.45, 7) is 1.77. The summed E-state index contributed by atoms with van der Waals surface area (Å²) in [5.74, 6) is -0.302. The SMILES string of the molecule is Cc1cccc(C2(NC(=O)CNS(=O)(=O)c3cccs3)CCCC2)c1. The lowest BCUT2D eigenvalue weighted by atomic mass is 9.87. The summed E-state index contributed by atoms with van der Waals surface area (Å²) in [6.07, 6.45) is 3.85. The number of aryl methyl sites for hydroxylation is 1. The van der Waals surface area contributed by atoms with Crippen molar-refractivity contribution < 1.29 is 13.2 Å². The molecule has 1 amide bonds. The summed E-state index contributed by atoms with van der Waals surface area (Å²) in [6, 6.07) is 11.4. The Bertz CT molecular complexity index is 839. The van der Waals surface area contributed by atoms with Gasteiger partial charge in [-0.15, -0.1) is 11.3 Å². The van der Waals surface area contributed by atoms with Crippen LogP contribution >= 0.6 is 11.3 Å². The van der Waals surface area contributed by atoms with Crippen molar-refractivity contribution in [1.82, 2.24) is 10.0 Å². The molecule has 2 aromatic rings. The van der Waals surface area contributed by atoms with Crippen molar-refractivity contribution in [3.05, 3.63) is 52.9 Å². The van der Waals surface area contributed by atoms with E-state index in [0.29, 0.717) is 0 Å². The maximum atomic E-state index is 12.4. The van der Waals surface area contributed by atoms with Crippen LogP contribution in [0.2, 0.25) is 0 Å². The van der Waals surface area contributed by atoms with E-state index < -0.39 is 15.6 Å². The van der Waals surface area contributed by atoms with E-state index in [1.807, 2.05) is 25.1 Å². The minimum atomic E-state index is -3.63. The number of thiophene rings is 1. The summed E-state index contributed by atoms with van der Waals surface area (Å²) in [5.41, 5.74) is 1.85. The number of hydrogen-bond acceptors (Lipinski definition) is 4. The molecule has 1 aromatic heterocycles. The zero-order valence-corrected chi connectivity index (χ0v) is 15.8. The second-order valence-corrected chi connectivity index (χ2v) is 9.40. The van der Waals surface area contributed by atoms with Gasteiger partial charge in [0.05, 0.1) is 12.1 Å². The first-order valence-electron chi connectivity index (χ1n) is 8.33. The van der Waals surface area contributed by atoms with Crippen LogP contribution in [0.25, 0.3) is 0 Å². The Balaban J connectivity index is 1.70. The normalized spacial score (nSPS) is 16.7. The fourth-order valence-corrected chi connectivity index (χ4v) is 5.39. The molecule has 7 heteroatoms. The largest absolute Gasteiger partial charge is 0.345 e. The summed E-state index contributed by atoms with van der Waals surface area (Å²) in [4.78, 5) is 12.4. The predicted octanol–water partition coefficient (Wildman–Crippen LogP) is 2.92. The van der Waals surface area contributed by atoms with Crippen molar-refractivity contribution in [2.24, 2.45) is 0 Å². The van der Waals surface area contributed by atoms with Crippen LogP contribution in [0.3, 0.4) is 0 Å². The zero-order valence-electron chi connectivity index (χ0n) is 14.1. The molecule has 0 spiro atoms. The van der Waals surface area contributed by atoms with Crippen LogP contribution in [0.1, 0.15) is 36.8 Å². The van der Waals surface area contributed by atoms with E-state index in [-0.39, 0.29) is 16.7 Å². The molecule has 0 atom stereocenters. The maximum Gasteiger partial charge on any atom is 0.250 e. The second kappa shape index (κ2) is 7.27. The molecule has 0 bridgehead atoms. The van der Waals surface area contributed by atoms with Gasteiger partial charge in [-0.2, -0.15) is 0 Å². The van der Waals surface area contributed by atoms with Crippen molar-refractivity contribution in [2.45, 2.75) is 42.4 Å². The van der Waals surface area contributed by atoms with Crippen molar-refractivity contribution in [1.29, 1.82) is 0 Å². The van der Waals surface area contributed by atoms with Crippen molar-refractivity contribution in [3.8, 4) is 0 Å². The van der Waals surface area contributed by atoms with Crippen LogP contribution in [0.15, 0.2) is 46.0 Å². The molecule has 1 heterocycles. The number of rotatable bonds is 6. The molecule has 1 fully saturated rings. The number of nitrogens with one attached hydrogen (secondary N) is 2. The summed E-state index contributed by atoms with van der Waals surface area (Å²) >= 11 is 1.13. The summed E-state index contributed by atoms with van der Waals surface area (Å²) in [7, 11) is -3.63. The smallest absolute Gasteiger partial charge is 0.250 e. The number of carbonyl (C=O) groups excluding carboxylic acids is 1. The first-order valence-corrected chi connectivity index (χ1v) is 10.7. The van der Waals surface area contributed by atoms with Crippen molar-refractivity contribution in [2.75, 3.05) is 6.54 Å². The van der Waals surface area contributed by atoms with Gasteiger partial charge < -0.3 is 5.32 Å². The Hall–Kier alpha value is -1.70. The highest BCUT2D eigenvalue weighted by molar-refractivity contribution is 7.91. The fourth-order valence-electron chi connectivity index (χ4n) is 3.37. The fraction of sp³-hybridized carbons (Fsp3) is 0.389. The molecule has 1 saturated carbocycles. The molecule has 3 rings (SSSR count).